The lowest BCUT2D eigenvalue weighted by atomic mass is 10.1. The summed E-state index contributed by atoms with van der Waals surface area (Å²) in [6.45, 7) is 8.95. The second kappa shape index (κ2) is 7.87. The Hall–Kier alpha value is -2.22. The Morgan fingerprint density at radius 3 is 2.35 bits per heavy atom. The van der Waals surface area contributed by atoms with E-state index in [0.717, 1.165) is 24.3 Å². The summed E-state index contributed by atoms with van der Waals surface area (Å²) in [4.78, 5) is 9.90. The number of hydrogen-bond acceptors (Lipinski definition) is 5. The molecule has 1 atom stereocenters. The SMILES string of the molecule is C=CCC(C)/C(=N/S(=O)(=O)c1ccc([N+](=O)[O-])cc1)OC(C)C. The quantitative estimate of drug-likeness (QED) is 0.249. The monoisotopic (exact) mass is 340 g/mol. The number of nitro benzene ring substituents is 1. The molecular weight excluding hydrogens is 320 g/mol. The summed E-state index contributed by atoms with van der Waals surface area (Å²) in [5, 5.41) is 10.6. The van der Waals surface area contributed by atoms with Crippen LogP contribution in [0, 0.1) is 16.0 Å². The molecule has 0 aliphatic carbocycles. The summed E-state index contributed by atoms with van der Waals surface area (Å²) in [6, 6.07) is 4.56. The van der Waals surface area contributed by atoms with Crippen LogP contribution in [0.1, 0.15) is 27.2 Å². The van der Waals surface area contributed by atoms with E-state index in [4.69, 9.17) is 4.74 Å². The highest BCUT2D eigenvalue weighted by molar-refractivity contribution is 7.90. The lowest BCUT2D eigenvalue weighted by molar-refractivity contribution is -0.384. The van der Waals surface area contributed by atoms with Crippen LogP contribution in [0.4, 0.5) is 5.69 Å². The topological polar surface area (TPSA) is 98.9 Å². The molecule has 1 aromatic rings. The molecule has 0 fully saturated rings. The fourth-order valence-corrected chi connectivity index (χ4v) is 2.78. The number of nitrogens with zero attached hydrogens (tertiary/aromatic N) is 2. The van der Waals surface area contributed by atoms with Crippen molar-refractivity contribution in [1.29, 1.82) is 0 Å². The molecule has 0 aliphatic heterocycles. The molecule has 0 amide bonds. The van der Waals surface area contributed by atoms with Gasteiger partial charge in [-0.05, 0) is 32.4 Å². The Kier molecular flexibility index (Phi) is 6.44. The van der Waals surface area contributed by atoms with E-state index in [-0.39, 0.29) is 28.5 Å². The predicted octanol–water partition coefficient (Wildman–Crippen LogP) is 3.32. The van der Waals surface area contributed by atoms with Crippen LogP contribution < -0.4 is 0 Å². The fraction of sp³-hybridized carbons (Fsp3) is 0.400. The van der Waals surface area contributed by atoms with E-state index < -0.39 is 14.9 Å². The van der Waals surface area contributed by atoms with Crippen molar-refractivity contribution >= 4 is 21.6 Å². The first-order chi connectivity index (χ1) is 10.7. The average Bonchev–Trinajstić information content (AvgIpc) is 2.46. The van der Waals surface area contributed by atoms with Crippen molar-refractivity contribution in [2.45, 2.75) is 38.2 Å². The van der Waals surface area contributed by atoms with Crippen LogP contribution in [-0.4, -0.2) is 25.3 Å². The molecule has 0 spiro atoms. The Bertz CT molecular complexity index is 693. The highest BCUT2D eigenvalue weighted by Gasteiger charge is 2.20. The normalized spacial score (nSPS) is 13.7. The van der Waals surface area contributed by atoms with Gasteiger partial charge in [0.25, 0.3) is 15.7 Å². The molecule has 0 saturated carbocycles. The van der Waals surface area contributed by atoms with E-state index in [1.165, 1.54) is 0 Å². The Labute approximate surface area is 135 Å². The molecule has 0 saturated heterocycles. The molecule has 23 heavy (non-hydrogen) atoms. The largest absolute Gasteiger partial charge is 0.477 e. The summed E-state index contributed by atoms with van der Waals surface area (Å²) in [6.07, 6.45) is 1.94. The molecule has 0 aromatic heterocycles. The third-order valence-corrected chi connectivity index (χ3v) is 4.14. The van der Waals surface area contributed by atoms with Crippen LogP contribution >= 0.6 is 0 Å². The first kappa shape index (κ1) is 18.8. The minimum absolute atomic E-state index is 0.0956. The van der Waals surface area contributed by atoms with Gasteiger partial charge in [0, 0.05) is 18.1 Å². The number of rotatable bonds is 7. The molecule has 1 unspecified atom stereocenters. The van der Waals surface area contributed by atoms with Gasteiger partial charge in [0.1, 0.15) is 0 Å². The van der Waals surface area contributed by atoms with E-state index in [9.17, 15) is 18.5 Å². The Balaban J connectivity index is 3.20. The molecule has 1 rings (SSSR count). The van der Waals surface area contributed by atoms with Crippen LogP contribution in [0.3, 0.4) is 0 Å². The van der Waals surface area contributed by atoms with E-state index in [2.05, 4.69) is 11.0 Å². The van der Waals surface area contributed by atoms with Gasteiger partial charge in [0.2, 0.25) is 5.90 Å². The van der Waals surface area contributed by atoms with E-state index >= 15 is 0 Å². The van der Waals surface area contributed by atoms with Crippen LogP contribution in [-0.2, 0) is 14.8 Å². The Morgan fingerprint density at radius 1 is 1.35 bits per heavy atom. The molecule has 0 radical (unpaired) electrons. The van der Waals surface area contributed by atoms with Gasteiger partial charge >= 0.3 is 0 Å². The standard InChI is InChI=1S/C15H20N2O5S/c1-5-6-12(4)15(22-11(2)3)16-23(20,21)14-9-7-13(8-10-14)17(18)19/h5,7-12H,1,6H2,2-4H3/b16-15-. The first-order valence-corrected chi connectivity index (χ1v) is 8.48. The van der Waals surface area contributed by atoms with Crippen molar-refractivity contribution in [1.82, 2.24) is 0 Å². The van der Waals surface area contributed by atoms with Gasteiger partial charge in [-0.2, -0.15) is 8.42 Å². The lowest BCUT2D eigenvalue weighted by Gasteiger charge is -2.17. The smallest absolute Gasteiger partial charge is 0.285 e. The molecule has 0 N–H and O–H groups in total. The van der Waals surface area contributed by atoms with Crippen LogP contribution in [0.2, 0.25) is 0 Å². The summed E-state index contributed by atoms with van der Waals surface area (Å²) < 4.78 is 34.0. The predicted molar refractivity (Wildman–Crippen MR) is 87.9 cm³/mol. The van der Waals surface area contributed by atoms with Gasteiger partial charge in [-0.1, -0.05) is 13.0 Å². The molecule has 1 aromatic carbocycles. The van der Waals surface area contributed by atoms with Crippen molar-refractivity contribution in [3.63, 3.8) is 0 Å². The molecular formula is C15H20N2O5S. The zero-order valence-corrected chi connectivity index (χ0v) is 14.1. The van der Waals surface area contributed by atoms with E-state index in [1.807, 2.05) is 0 Å². The highest BCUT2D eigenvalue weighted by atomic mass is 32.2. The summed E-state index contributed by atoms with van der Waals surface area (Å²) in [5.41, 5.74) is -0.188. The zero-order valence-electron chi connectivity index (χ0n) is 13.3. The first-order valence-electron chi connectivity index (χ1n) is 7.04. The number of benzene rings is 1. The number of hydrogen-bond donors (Lipinski definition) is 0. The van der Waals surface area contributed by atoms with Crippen molar-refractivity contribution in [2.75, 3.05) is 0 Å². The number of allylic oxidation sites excluding steroid dienone is 1. The Morgan fingerprint density at radius 2 is 1.91 bits per heavy atom. The minimum Gasteiger partial charge on any atom is -0.477 e. The molecule has 8 heteroatoms. The molecule has 0 heterocycles. The number of nitro groups is 1. The third-order valence-electron chi connectivity index (χ3n) is 2.85. The van der Waals surface area contributed by atoms with Gasteiger partial charge in [-0.3, -0.25) is 10.1 Å². The average molecular weight is 340 g/mol. The maximum absolute atomic E-state index is 12.4. The second-order valence-corrected chi connectivity index (χ2v) is 6.85. The molecule has 126 valence electrons. The molecule has 0 bridgehead atoms. The number of non-ortho nitro benzene ring substituents is 1. The maximum atomic E-state index is 12.4. The van der Waals surface area contributed by atoms with Gasteiger partial charge < -0.3 is 4.74 Å². The summed E-state index contributed by atoms with van der Waals surface area (Å²) in [7, 11) is -4.00. The van der Waals surface area contributed by atoms with Crippen molar-refractivity contribution in [3.05, 3.63) is 47.0 Å². The molecule has 7 nitrogen and oxygen atoms in total. The summed E-state index contributed by atoms with van der Waals surface area (Å²) >= 11 is 0. The fourth-order valence-electron chi connectivity index (χ4n) is 1.73. The van der Waals surface area contributed by atoms with Gasteiger partial charge in [-0.15, -0.1) is 11.0 Å². The van der Waals surface area contributed by atoms with Gasteiger partial charge in [0.05, 0.1) is 15.9 Å². The summed E-state index contributed by atoms with van der Waals surface area (Å²) in [5.74, 6) is -0.152. The minimum atomic E-state index is -4.00. The second-order valence-electron chi connectivity index (χ2n) is 5.25. The van der Waals surface area contributed by atoms with Crippen LogP contribution in [0.15, 0.2) is 46.2 Å². The van der Waals surface area contributed by atoms with E-state index in [1.54, 1.807) is 26.8 Å². The highest BCUT2D eigenvalue weighted by Crippen LogP contribution is 2.19. The third kappa shape index (κ3) is 5.48. The van der Waals surface area contributed by atoms with Crippen molar-refractivity contribution < 1.29 is 18.1 Å². The zero-order chi connectivity index (χ0) is 17.6. The van der Waals surface area contributed by atoms with Crippen molar-refractivity contribution in [2.24, 2.45) is 10.3 Å². The van der Waals surface area contributed by atoms with Gasteiger partial charge in [0.15, 0.2) is 0 Å². The van der Waals surface area contributed by atoms with Gasteiger partial charge in [-0.25, -0.2) is 0 Å². The lowest BCUT2D eigenvalue weighted by Crippen LogP contribution is -2.21. The number of ether oxygens (including phenoxy) is 1. The van der Waals surface area contributed by atoms with Crippen LogP contribution in [0.25, 0.3) is 0 Å². The maximum Gasteiger partial charge on any atom is 0.285 e. The number of sulfonamides is 1. The molecule has 0 aliphatic rings. The van der Waals surface area contributed by atoms with Crippen molar-refractivity contribution in [3.8, 4) is 0 Å². The van der Waals surface area contributed by atoms with E-state index in [0.29, 0.717) is 6.42 Å². The van der Waals surface area contributed by atoms with Crippen LogP contribution in [0.5, 0.6) is 0 Å².